The van der Waals surface area contributed by atoms with E-state index in [0.717, 1.165) is 19.6 Å². The third kappa shape index (κ3) is 4.40. The lowest BCUT2D eigenvalue weighted by Crippen LogP contribution is -2.52. The second-order valence-electron chi connectivity index (χ2n) is 5.10. The van der Waals surface area contributed by atoms with E-state index in [1.165, 1.54) is 25.7 Å². The zero-order valence-corrected chi connectivity index (χ0v) is 11.1. The van der Waals surface area contributed by atoms with Crippen LogP contribution < -0.4 is 5.73 Å². The molecule has 3 atom stereocenters. The van der Waals surface area contributed by atoms with Crippen molar-refractivity contribution in [2.24, 2.45) is 5.73 Å². The SMILES string of the molecule is CCCCCC(CN)N1C[C@@H](C)O[C@@H](C)C1. The molecule has 1 fully saturated rings. The van der Waals surface area contributed by atoms with Crippen molar-refractivity contribution in [2.45, 2.75) is 64.7 Å². The van der Waals surface area contributed by atoms with E-state index in [4.69, 9.17) is 10.5 Å². The molecule has 0 aromatic carbocycles. The molecule has 1 unspecified atom stereocenters. The monoisotopic (exact) mass is 228 g/mol. The predicted octanol–water partition coefficient (Wildman–Crippen LogP) is 2.00. The van der Waals surface area contributed by atoms with Gasteiger partial charge in [0.1, 0.15) is 0 Å². The molecular formula is C13H28N2O. The number of morpholine rings is 1. The Morgan fingerprint density at radius 2 is 1.88 bits per heavy atom. The summed E-state index contributed by atoms with van der Waals surface area (Å²) in [6, 6.07) is 0.556. The van der Waals surface area contributed by atoms with Crippen molar-refractivity contribution in [2.75, 3.05) is 19.6 Å². The second-order valence-corrected chi connectivity index (χ2v) is 5.10. The predicted molar refractivity (Wildman–Crippen MR) is 68.6 cm³/mol. The van der Waals surface area contributed by atoms with Crippen LogP contribution in [-0.4, -0.2) is 42.8 Å². The minimum atomic E-state index is 0.351. The molecule has 3 nitrogen and oxygen atoms in total. The highest BCUT2D eigenvalue weighted by atomic mass is 16.5. The molecule has 0 bridgehead atoms. The van der Waals surface area contributed by atoms with Crippen molar-refractivity contribution in [3.63, 3.8) is 0 Å². The van der Waals surface area contributed by atoms with Gasteiger partial charge in [0, 0.05) is 25.7 Å². The van der Waals surface area contributed by atoms with Gasteiger partial charge in [-0.1, -0.05) is 26.2 Å². The average Bonchev–Trinajstić information content (AvgIpc) is 2.23. The standard InChI is InChI=1S/C13H28N2O/c1-4-5-6-7-13(8-14)15-9-11(2)16-12(3)10-15/h11-13H,4-10,14H2,1-3H3/t11-,12+,13?. The van der Waals surface area contributed by atoms with Crippen LogP contribution in [0.4, 0.5) is 0 Å². The molecule has 0 aromatic heterocycles. The quantitative estimate of drug-likeness (QED) is 0.707. The molecule has 0 saturated carbocycles. The first-order valence-electron chi connectivity index (χ1n) is 6.77. The maximum atomic E-state index is 5.89. The molecule has 1 aliphatic heterocycles. The summed E-state index contributed by atoms with van der Waals surface area (Å²) in [5.41, 5.74) is 5.89. The lowest BCUT2D eigenvalue weighted by Gasteiger charge is -2.40. The van der Waals surface area contributed by atoms with Crippen molar-refractivity contribution in [3.8, 4) is 0 Å². The lowest BCUT2D eigenvalue weighted by atomic mass is 10.0. The smallest absolute Gasteiger partial charge is 0.0678 e. The van der Waals surface area contributed by atoms with E-state index in [9.17, 15) is 0 Å². The summed E-state index contributed by atoms with van der Waals surface area (Å²) >= 11 is 0. The normalized spacial score (nSPS) is 29.2. The average molecular weight is 228 g/mol. The minimum absolute atomic E-state index is 0.351. The highest BCUT2D eigenvalue weighted by molar-refractivity contribution is 4.80. The van der Waals surface area contributed by atoms with Crippen molar-refractivity contribution in [1.82, 2.24) is 4.90 Å². The number of nitrogens with two attached hydrogens (primary N) is 1. The van der Waals surface area contributed by atoms with Crippen LogP contribution in [0, 0.1) is 0 Å². The first kappa shape index (κ1) is 13.9. The van der Waals surface area contributed by atoms with Crippen LogP contribution in [0.3, 0.4) is 0 Å². The first-order chi connectivity index (χ1) is 7.67. The largest absolute Gasteiger partial charge is 0.373 e. The molecule has 0 aromatic rings. The Morgan fingerprint density at radius 1 is 1.25 bits per heavy atom. The Balaban J connectivity index is 2.38. The number of nitrogens with zero attached hydrogens (tertiary/aromatic N) is 1. The zero-order valence-electron chi connectivity index (χ0n) is 11.1. The van der Waals surface area contributed by atoms with Gasteiger partial charge in [-0.2, -0.15) is 0 Å². The van der Waals surface area contributed by atoms with Crippen molar-refractivity contribution in [3.05, 3.63) is 0 Å². The van der Waals surface area contributed by atoms with Crippen LogP contribution in [0.5, 0.6) is 0 Å². The van der Waals surface area contributed by atoms with Gasteiger partial charge in [-0.05, 0) is 20.3 Å². The van der Waals surface area contributed by atoms with Crippen LogP contribution in [0.1, 0.15) is 46.5 Å². The number of rotatable bonds is 6. The van der Waals surface area contributed by atoms with Gasteiger partial charge in [0.15, 0.2) is 0 Å². The van der Waals surface area contributed by atoms with Gasteiger partial charge in [-0.25, -0.2) is 0 Å². The maximum absolute atomic E-state index is 5.89. The van der Waals surface area contributed by atoms with Crippen LogP contribution in [0.15, 0.2) is 0 Å². The van der Waals surface area contributed by atoms with Gasteiger partial charge in [-0.15, -0.1) is 0 Å². The molecule has 96 valence electrons. The molecule has 1 heterocycles. The van der Waals surface area contributed by atoms with Crippen LogP contribution in [0.25, 0.3) is 0 Å². The van der Waals surface area contributed by atoms with E-state index in [0.29, 0.717) is 18.2 Å². The molecule has 1 aliphatic rings. The van der Waals surface area contributed by atoms with E-state index in [2.05, 4.69) is 25.7 Å². The number of ether oxygens (including phenoxy) is 1. The van der Waals surface area contributed by atoms with Gasteiger partial charge < -0.3 is 10.5 Å². The summed E-state index contributed by atoms with van der Waals surface area (Å²) < 4.78 is 5.75. The molecule has 1 rings (SSSR count). The molecule has 1 saturated heterocycles. The minimum Gasteiger partial charge on any atom is -0.373 e. The summed E-state index contributed by atoms with van der Waals surface area (Å²) in [4.78, 5) is 2.52. The summed E-state index contributed by atoms with van der Waals surface area (Å²) in [5, 5.41) is 0. The summed E-state index contributed by atoms with van der Waals surface area (Å²) in [5.74, 6) is 0. The van der Waals surface area contributed by atoms with E-state index in [-0.39, 0.29) is 0 Å². The Morgan fingerprint density at radius 3 is 2.38 bits per heavy atom. The fourth-order valence-corrected chi connectivity index (χ4v) is 2.60. The Hall–Kier alpha value is -0.120. The Labute approximate surface area is 100 Å². The highest BCUT2D eigenvalue weighted by Gasteiger charge is 2.26. The summed E-state index contributed by atoms with van der Waals surface area (Å²) in [6.07, 6.45) is 5.86. The van der Waals surface area contributed by atoms with Crippen LogP contribution in [0.2, 0.25) is 0 Å². The summed E-state index contributed by atoms with van der Waals surface area (Å²) in [7, 11) is 0. The number of hydrogen-bond acceptors (Lipinski definition) is 3. The molecule has 0 radical (unpaired) electrons. The van der Waals surface area contributed by atoms with Gasteiger partial charge >= 0.3 is 0 Å². The van der Waals surface area contributed by atoms with E-state index >= 15 is 0 Å². The Bertz CT molecular complexity index is 177. The third-order valence-corrected chi connectivity index (χ3v) is 3.38. The highest BCUT2D eigenvalue weighted by Crippen LogP contribution is 2.16. The number of unbranched alkanes of at least 4 members (excludes halogenated alkanes) is 2. The lowest BCUT2D eigenvalue weighted by molar-refractivity contribution is -0.0803. The summed E-state index contributed by atoms with van der Waals surface area (Å²) in [6.45, 7) is 9.42. The van der Waals surface area contributed by atoms with Crippen LogP contribution in [-0.2, 0) is 4.74 Å². The van der Waals surface area contributed by atoms with Crippen molar-refractivity contribution >= 4 is 0 Å². The second kappa shape index (κ2) is 7.25. The van der Waals surface area contributed by atoms with E-state index < -0.39 is 0 Å². The van der Waals surface area contributed by atoms with Crippen LogP contribution >= 0.6 is 0 Å². The first-order valence-corrected chi connectivity index (χ1v) is 6.77. The van der Waals surface area contributed by atoms with E-state index in [1.54, 1.807) is 0 Å². The Kier molecular flexibility index (Phi) is 6.32. The maximum Gasteiger partial charge on any atom is 0.0678 e. The third-order valence-electron chi connectivity index (χ3n) is 3.38. The van der Waals surface area contributed by atoms with Gasteiger partial charge in [0.2, 0.25) is 0 Å². The molecule has 0 aliphatic carbocycles. The zero-order chi connectivity index (χ0) is 12.0. The molecule has 16 heavy (non-hydrogen) atoms. The fourth-order valence-electron chi connectivity index (χ4n) is 2.60. The van der Waals surface area contributed by atoms with E-state index in [1.807, 2.05) is 0 Å². The molecule has 2 N–H and O–H groups in total. The van der Waals surface area contributed by atoms with Gasteiger partial charge in [-0.3, -0.25) is 4.90 Å². The van der Waals surface area contributed by atoms with Crippen molar-refractivity contribution < 1.29 is 4.74 Å². The molecular weight excluding hydrogens is 200 g/mol. The molecule has 3 heteroatoms. The topological polar surface area (TPSA) is 38.5 Å². The van der Waals surface area contributed by atoms with Crippen molar-refractivity contribution in [1.29, 1.82) is 0 Å². The molecule has 0 spiro atoms. The van der Waals surface area contributed by atoms with Gasteiger partial charge in [0.05, 0.1) is 12.2 Å². The van der Waals surface area contributed by atoms with Gasteiger partial charge in [0.25, 0.3) is 0 Å². The molecule has 0 amide bonds. The fraction of sp³-hybridized carbons (Fsp3) is 1.00. The number of hydrogen-bond donors (Lipinski definition) is 1.